The van der Waals surface area contributed by atoms with Gasteiger partial charge in [0.15, 0.2) is 0 Å². The fraction of sp³-hybridized carbons (Fsp3) is 0.692. The van der Waals surface area contributed by atoms with Crippen molar-refractivity contribution in [2.75, 3.05) is 0 Å². The second-order valence-corrected chi connectivity index (χ2v) is 4.98. The lowest BCUT2D eigenvalue weighted by molar-refractivity contribution is 0.135. The summed E-state index contributed by atoms with van der Waals surface area (Å²) in [5.74, 6) is 2.33. The van der Waals surface area contributed by atoms with Crippen molar-refractivity contribution in [1.29, 1.82) is 0 Å². The van der Waals surface area contributed by atoms with Crippen molar-refractivity contribution >= 4 is 0 Å². The van der Waals surface area contributed by atoms with Crippen LogP contribution in [0.5, 0.6) is 0 Å². The smallest absolute Gasteiger partial charge is 0.00526 e. The summed E-state index contributed by atoms with van der Waals surface area (Å²) >= 11 is 0. The van der Waals surface area contributed by atoms with Crippen molar-refractivity contribution in [2.24, 2.45) is 23.2 Å². The van der Waals surface area contributed by atoms with E-state index in [1.54, 1.807) is 0 Å². The Morgan fingerprint density at radius 1 is 1.23 bits per heavy atom. The van der Waals surface area contributed by atoms with Crippen molar-refractivity contribution in [2.45, 2.75) is 33.6 Å². The minimum atomic E-state index is 0.437. The Hall–Kier alpha value is -0.520. The van der Waals surface area contributed by atoms with Crippen LogP contribution in [0.2, 0.25) is 0 Å². The largest absolute Gasteiger partial charge is 0.0879 e. The molecular formula is C13H20. The Labute approximate surface area is 81.7 Å². The van der Waals surface area contributed by atoms with Gasteiger partial charge >= 0.3 is 0 Å². The van der Waals surface area contributed by atoms with Gasteiger partial charge in [0.1, 0.15) is 0 Å². The lowest BCUT2D eigenvalue weighted by atomic mass is 9.58. The highest BCUT2D eigenvalue weighted by Crippen LogP contribution is 2.49. The zero-order valence-corrected chi connectivity index (χ0v) is 8.96. The highest BCUT2D eigenvalue weighted by molar-refractivity contribution is 5.17. The summed E-state index contributed by atoms with van der Waals surface area (Å²) in [6.45, 7) is 7.17. The summed E-state index contributed by atoms with van der Waals surface area (Å²) < 4.78 is 0. The first-order valence-corrected chi connectivity index (χ1v) is 5.50. The van der Waals surface area contributed by atoms with Gasteiger partial charge in [-0.05, 0) is 36.0 Å². The normalized spacial score (nSPS) is 49.0. The minimum absolute atomic E-state index is 0.437. The lowest BCUT2D eigenvalue weighted by Crippen LogP contribution is -2.38. The highest BCUT2D eigenvalue weighted by atomic mass is 14.4. The van der Waals surface area contributed by atoms with Gasteiger partial charge in [-0.1, -0.05) is 45.1 Å². The van der Waals surface area contributed by atoms with Crippen molar-refractivity contribution in [1.82, 2.24) is 0 Å². The van der Waals surface area contributed by atoms with Crippen molar-refractivity contribution in [3.8, 4) is 0 Å². The van der Waals surface area contributed by atoms with E-state index in [0.29, 0.717) is 5.41 Å². The van der Waals surface area contributed by atoms with Crippen LogP contribution in [0.4, 0.5) is 0 Å². The number of allylic oxidation sites excluding steroid dienone is 4. The predicted octanol–water partition coefficient (Wildman–Crippen LogP) is 3.80. The third-order valence-electron chi connectivity index (χ3n) is 4.34. The number of rotatable bonds is 0. The van der Waals surface area contributed by atoms with Gasteiger partial charge in [-0.2, -0.15) is 0 Å². The van der Waals surface area contributed by atoms with Crippen LogP contribution in [0.15, 0.2) is 24.3 Å². The summed E-state index contributed by atoms with van der Waals surface area (Å²) in [6, 6.07) is 0. The number of hydrogen-bond acceptors (Lipinski definition) is 0. The van der Waals surface area contributed by atoms with Crippen LogP contribution in [0.3, 0.4) is 0 Å². The van der Waals surface area contributed by atoms with Gasteiger partial charge < -0.3 is 0 Å². The van der Waals surface area contributed by atoms with E-state index in [1.807, 2.05) is 0 Å². The molecule has 0 aromatic rings. The molecule has 0 saturated heterocycles. The van der Waals surface area contributed by atoms with E-state index >= 15 is 0 Å². The molecule has 2 aliphatic carbocycles. The zero-order chi connectivity index (χ0) is 9.47. The first-order valence-electron chi connectivity index (χ1n) is 5.50. The molecule has 0 aliphatic heterocycles. The Balaban J connectivity index is 2.36. The average Bonchev–Trinajstić information content (AvgIpc) is 2.13. The molecule has 0 aromatic carbocycles. The number of hydrogen-bond donors (Lipinski definition) is 0. The SMILES string of the molecule is CC1C=CC2CCC=CC2(C)C1C. The predicted molar refractivity (Wildman–Crippen MR) is 57.4 cm³/mol. The fourth-order valence-electron chi connectivity index (χ4n) is 2.88. The monoisotopic (exact) mass is 176 g/mol. The first-order chi connectivity index (χ1) is 6.14. The fourth-order valence-corrected chi connectivity index (χ4v) is 2.88. The number of fused-ring (bicyclic) bond motifs is 1. The second kappa shape index (κ2) is 3.01. The first kappa shape index (κ1) is 9.05. The van der Waals surface area contributed by atoms with Gasteiger partial charge in [0, 0.05) is 0 Å². The summed E-state index contributed by atoms with van der Waals surface area (Å²) in [6.07, 6.45) is 12.3. The molecule has 0 heteroatoms. The van der Waals surface area contributed by atoms with E-state index in [-0.39, 0.29) is 0 Å². The molecule has 0 nitrogen and oxygen atoms in total. The highest BCUT2D eigenvalue weighted by Gasteiger charge is 2.40. The third-order valence-corrected chi connectivity index (χ3v) is 4.34. The van der Waals surface area contributed by atoms with Gasteiger partial charge in [0.05, 0.1) is 0 Å². The molecule has 2 rings (SSSR count). The van der Waals surface area contributed by atoms with Crippen LogP contribution in [0.1, 0.15) is 33.6 Å². The summed E-state index contributed by atoms with van der Waals surface area (Å²) in [7, 11) is 0. The van der Waals surface area contributed by atoms with Crippen molar-refractivity contribution in [3.05, 3.63) is 24.3 Å². The second-order valence-electron chi connectivity index (χ2n) is 4.98. The van der Waals surface area contributed by atoms with Gasteiger partial charge in [-0.15, -0.1) is 0 Å². The van der Waals surface area contributed by atoms with Crippen LogP contribution in [-0.4, -0.2) is 0 Å². The van der Waals surface area contributed by atoms with Gasteiger partial charge in [0.2, 0.25) is 0 Å². The van der Waals surface area contributed by atoms with Crippen LogP contribution in [-0.2, 0) is 0 Å². The molecule has 0 amide bonds. The summed E-state index contributed by atoms with van der Waals surface area (Å²) in [5.41, 5.74) is 0.437. The van der Waals surface area contributed by atoms with Crippen LogP contribution in [0.25, 0.3) is 0 Å². The van der Waals surface area contributed by atoms with E-state index in [9.17, 15) is 0 Å². The average molecular weight is 176 g/mol. The zero-order valence-electron chi connectivity index (χ0n) is 8.96. The van der Waals surface area contributed by atoms with Crippen LogP contribution in [0, 0.1) is 23.2 Å². The molecule has 0 N–H and O–H groups in total. The molecule has 2 aliphatic rings. The minimum Gasteiger partial charge on any atom is -0.0879 e. The molecule has 0 bridgehead atoms. The summed E-state index contributed by atoms with van der Waals surface area (Å²) in [4.78, 5) is 0. The maximum absolute atomic E-state index is 2.46. The maximum atomic E-state index is 2.46. The third kappa shape index (κ3) is 1.27. The molecule has 4 atom stereocenters. The van der Waals surface area contributed by atoms with Crippen LogP contribution >= 0.6 is 0 Å². The molecule has 13 heavy (non-hydrogen) atoms. The Morgan fingerprint density at radius 3 is 2.77 bits per heavy atom. The van der Waals surface area contributed by atoms with E-state index < -0.39 is 0 Å². The van der Waals surface area contributed by atoms with Gasteiger partial charge in [-0.3, -0.25) is 0 Å². The molecule has 0 radical (unpaired) electrons. The molecule has 0 aromatic heterocycles. The Morgan fingerprint density at radius 2 is 2.00 bits per heavy atom. The van der Waals surface area contributed by atoms with Crippen LogP contribution < -0.4 is 0 Å². The quantitative estimate of drug-likeness (QED) is 0.492. The molecule has 0 fully saturated rings. The maximum Gasteiger partial charge on any atom is -0.00526 e. The molecule has 4 unspecified atom stereocenters. The molecule has 72 valence electrons. The van der Waals surface area contributed by atoms with Crippen molar-refractivity contribution < 1.29 is 0 Å². The molecule has 0 saturated carbocycles. The Bertz CT molecular complexity index is 249. The van der Waals surface area contributed by atoms with E-state index in [0.717, 1.165) is 17.8 Å². The standard InChI is InChI=1S/C13H20/c1-10-7-8-12-6-4-5-9-13(12,3)11(10)2/h5,7-12H,4,6H2,1-3H3. The molecule has 0 spiro atoms. The van der Waals surface area contributed by atoms with Crippen molar-refractivity contribution in [3.63, 3.8) is 0 Å². The molecular weight excluding hydrogens is 156 g/mol. The van der Waals surface area contributed by atoms with Gasteiger partial charge in [-0.25, -0.2) is 0 Å². The van der Waals surface area contributed by atoms with E-state index in [4.69, 9.17) is 0 Å². The van der Waals surface area contributed by atoms with E-state index in [2.05, 4.69) is 45.1 Å². The van der Waals surface area contributed by atoms with E-state index in [1.165, 1.54) is 12.8 Å². The molecule has 0 heterocycles. The topological polar surface area (TPSA) is 0 Å². The summed E-state index contributed by atoms with van der Waals surface area (Å²) in [5, 5.41) is 0. The van der Waals surface area contributed by atoms with Gasteiger partial charge in [0.25, 0.3) is 0 Å². The lowest BCUT2D eigenvalue weighted by Gasteiger charge is -2.46. The Kier molecular flexibility index (Phi) is 2.09.